The van der Waals surface area contributed by atoms with E-state index in [2.05, 4.69) is 22.1 Å². The van der Waals surface area contributed by atoms with Crippen molar-refractivity contribution in [1.82, 2.24) is 9.97 Å². The molecule has 1 heterocycles. The van der Waals surface area contributed by atoms with Crippen molar-refractivity contribution in [2.75, 3.05) is 0 Å². The lowest BCUT2D eigenvalue weighted by Crippen LogP contribution is -2.09. The normalized spacial score (nSPS) is 10.3. The van der Waals surface area contributed by atoms with E-state index in [0.717, 1.165) is 16.8 Å². The van der Waals surface area contributed by atoms with Crippen molar-refractivity contribution in [3.63, 3.8) is 0 Å². The van der Waals surface area contributed by atoms with Crippen LogP contribution in [0, 0.1) is 0 Å². The van der Waals surface area contributed by atoms with Crippen LogP contribution in [-0.4, -0.2) is 9.97 Å². The van der Waals surface area contributed by atoms with Crippen LogP contribution in [0.5, 0.6) is 0 Å². The highest BCUT2D eigenvalue weighted by Crippen LogP contribution is 2.22. The summed E-state index contributed by atoms with van der Waals surface area (Å²) in [5, 5.41) is 0. The van der Waals surface area contributed by atoms with Gasteiger partial charge in [-0.1, -0.05) is 54.6 Å². The van der Waals surface area contributed by atoms with E-state index in [-0.39, 0.29) is 5.69 Å². The van der Waals surface area contributed by atoms with Crippen LogP contribution in [0.25, 0.3) is 22.4 Å². The zero-order valence-electron chi connectivity index (χ0n) is 10.2. The van der Waals surface area contributed by atoms with Gasteiger partial charge in [0.2, 0.25) is 0 Å². The SMILES string of the molecule is O=c1nccc(-c2ccc(-c3ccccc3)cc2)[nH]1. The van der Waals surface area contributed by atoms with Crippen molar-refractivity contribution >= 4 is 0 Å². The third kappa shape index (κ3) is 2.45. The molecule has 3 rings (SSSR count). The number of H-pyrrole nitrogens is 1. The first-order valence-corrected chi connectivity index (χ1v) is 6.04. The number of benzene rings is 2. The van der Waals surface area contributed by atoms with Crippen LogP contribution in [0.2, 0.25) is 0 Å². The lowest BCUT2D eigenvalue weighted by atomic mass is 10.0. The van der Waals surface area contributed by atoms with Gasteiger partial charge in [0, 0.05) is 6.20 Å². The molecule has 0 radical (unpaired) electrons. The molecular weight excluding hydrogens is 236 g/mol. The summed E-state index contributed by atoms with van der Waals surface area (Å²) in [4.78, 5) is 17.5. The minimum atomic E-state index is -0.329. The average Bonchev–Trinajstić information content (AvgIpc) is 2.48. The Morgan fingerprint density at radius 2 is 1.37 bits per heavy atom. The van der Waals surface area contributed by atoms with Gasteiger partial charge in [0.05, 0.1) is 5.69 Å². The van der Waals surface area contributed by atoms with E-state index in [4.69, 9.17) is 0 Å². The van der Waals surface area contributed by atoms with Gasteiger partial charge < -0.3 is 4.98 Å². The highest BCUT2D eigenvalue weighted by molar-refractivity contribution is 5.68. The molecule has 92 valence electrons. The number of hydrogen-bond acceptors (Lipinski definition) is 2. The Morgan fingerprint density at radius 1 is 0.737 bits per heavy atom. The molecule has 0 aliphatic heterocycles. The van der Waals surface area contributed by atoms with E-state index in [1.807, 2.05) is 42.5 Å². The first-order valence-electron chi connectivity index (χ1n) is 6.04. The van der Waals surface area contributed by atoms with Crippen LogP contribution < -0.4 is 5.69 Å². The maximum absolute atomic E-state index is 11.2. The smallest absolute Gasteiger partial charge is 0.305 e. The van der Waals surface area contributed by atoms with Crippen molar-refractivity contribution in [2.24, 2.45) is 0 Å². The molecule has 0 aliphatic carbocycles. The number of aromatic nitrogens is 2. The van der Waals surface area contributed by atoms with Crippen LogP contribution in [0.3, 0.4) is 0 Å². The predicted octanol–water partition coefficient (Wildman–Crippen LogP) is 3.10. The molecule has 0 saturated heterocycles. The average molecular weight is 248 g/mol. The first kappa shape index (κ1) is 11.4. The molecule has 2 aromatic carbocycles. The fraction of sp³-hybridized carbons (Fsp3) is 0. The molecule has 1 N–H and O–H groups in total. The molecule has 0 bridgehead atoms. The Morgan fingerprint density at radius 3 is 2.05 bits per heavy atom. The molecule has 0 saturated carbocycles. The molecule has 1 aromatic heterocycles. The number of aromatic amines is 1. The summed E-state index contributed by atoms with van der Waals surface area (Å²) in [6, 6.07) is 20.0. The predicted molar refractivity (Wildman–Crippen MR) is 75.7 cm³/mol. The van der Waals surface area contributed by atoms with Crippen molar-refractivity contribution in [3.05, 3.63) is 77.3 Å². The Balaban J connectivity index is 1.98. The summed E-state index contributed by atoms with van der Waals surface area (Å²) in [7, 11) is 0. The maximum atomic E-state index is 11.2. The second kappa shape index (κ2) is 4.90. The fourth-order valence-corrected chi connectivity index (χ4v) is 2.01. The minimum Gasteiger partial charge on any atom is -0.305 e. The first-order chi connectivity index (χ1) is 9.33. The summed E-state index contributed by atoms with van der Waals surface area (Å²) in [6.45, 7) is 0. The molecule has 3 aromatic rings. The molecule has 0 amide bonds. The highest BCUT2D eigenvalue weighted by atomic mass is 16.1. The van der Waals surface area contributed by atoms with Crippen molar-refractivity contribution in [3.8, 4) is 22.4 Å². The molecule has 0 aliphatic rings. The van der Waals surface area contributed by atoms with E-state index in [0.29, 0.717) is 0 Å². The van der Waals surface area contributed by atoms with Gasteiger partial charge >= 0.3 is 5.69 Å². The maximum Gasteiger partial charge on any atom is 0.345 e. The number of rotatable bonds is 2. The van der Waals surface area contributed by atoms with E-state index in [9.17, 15) is 4.79 Å². The van der Waals surface area contributed by atoms with Crippen LogP contribution in [0.4, 0.5) is 0 Å². The van der Waals surface area contributed by atoms with Crippen LogP contribution in [0.15, 0.2) is 71.7 Å². The lowest BCUT2D eigenvalue weighted by Gasteiger charge is -2.04. The molecule has 3 heteroatoms. The Bertz CT molecular complexity index is 730. The third-order valence-corrected chi connectivity index (χ3v) is 2.98. The van der Waals surface area contributed by atoms with E-state index in [1.165, 1.54) is 11.8 Å². The Hall–Kier alpha value is -2.68. The standard InChI is InChI=1S/C16H12N2O/c19-16-17-11-10-15(18-16)14-8-6-13(7-9-14)12-4-2-1-3-5-12/h1-11H,(H,17,18,19). The van der Waals surface area contributed by atoms with Gasteiger partial charge in [-0.25, -0.2) is 9.78 Å². The zero-order valence-corrected chi connectivity index (χ0v) is 10.2. The summed E-state index contributed by atoms with van der Waals surface area (Å²) in [5.74, 6) is 0. The monoisotopic (exact) mass is 248 g/mol. The van der Waals surface area contributed by atoms with Crippen molar-refractivity contribution in [1.29, 1.82) is 0 Å². The van der Waals surface area contributed by atoms with Crippen molar-refractivity contribution in [2.45, 2.75) is 0 Å². The number of nitrogens with zero attached hydrogens (tertiary/aromatic N) is 1. The van der Waals surface area contributed by atoms with Gasteiger partial charge in [-0.05, 0) is 22.8 Å². The van der Waals surface area contributed by atoms with Gasteiger partial charge in [0.15, 0.2) is 0 Å². The summed E-state index contributed by atoms with van der Waals surface area (Å²) >= 11 is 0. The summed E-state index contributed by atoms with van der Waals surface area (Å²) in [5.41, 5.74) is 3.75. The molecule has 3 nitrogen and oxygen atoms in total. The molecule has 0 fully saturated rings. The van der Waals surface area contributed by atoms with Gasteiger partial charge in [-0.15, -0.1) is 0 Å². The van der Waals surface area contributed by atoms with E-state index >= 15 is 0 Å². The molecule has 0 unspecified atom stereocenters. The fourth-order valence-electron chi connectivity index (χ4n) is 2.01. The Kier molecular flexibility index (Phi) is 2.94. The van der Waals surface area contributed by atoms with E-state index in [1.54, 1.807) is 6.07 Å². The van der Waals surface area contributed by atoms with Gasteiger partial charge in [0.25, 0.3) is 0 Å². The van der Waals surface area contributed by atoms with Gasteiger partial charge in [-0.2, -0.15) is 0 Å². The summed E-state index contributed by atoms with van der Waals surface area (Å²) < 4.78 is 0. The number of hydrogen-bond donors (Lipinski definition) is 1. The largest absolute Gasteiger partial charge is 0.345 e. The summed E-state index contributed by atoms with van der Waals surface area (Å²) in [6.07, 6.45) is 1.51. The second-order valence-electron chi connectivity index (χ2n) is 4.23. The minimum absolute atomic E-state index is 0.329. The molecule has 19 heavy (non-hydrogen) atoms. The molecule has 0 atom stereocenters. The van der Waals surface area contributed by atoms with Crippen molar-refractivity contribution < 1.29 is 0 Å². The number of nitrogens with one attached hydrogen (secondary N) is 1. The topological polar surface area (TPSA) is 45.8 Å². The third-order valence-electron chi connectivity index (χ3n) is 2.98. The quantitative estimate of drug-likeness (QED) is 0.757. The van der Waals surface area contributed by atoms with Crippen LogP contribution in [-0.2, 0) is 0 Å². The van der Waals surface area contributed by atoms with Gasteiger partial charge in [-0.3, -0.25) is 0 Å². The zero-order chi connectivity index (χ0) is 13.1. The highest BCUT2D eigenvalue weighted by Gasteiger charge is 2.00. The molecular formula is C16H12N2O. The van der Waals surface area contributed by atoms with Crippen LogP contribution >= 0.6 is 0 Å². The van der Waals surface area contributed by atoms with Gasteiger partial charge in [0.1, 0.15) is 0 Å². The Labute approximate surface area is 110 Å². The lowest BCUT2D eigenvalue weighted by molar-refractivity contribution is 1.08. The second-order valence-corrected chi connectivity index (χ2v) is 4.23. The van der Waals surface area contributed by atoms with E-state index < -0.39 is 0 Å². The molecule has 0 spiro atoms. The van der Waals surface area contributed by atoms with Crippen LogP contribution in [0.1, 0.15) is 0 Å².